The molecular formula is C17H12O3. The van der Waals surface area contributed by atoms with Crippen molar-refractivity contribution in [3.63, 3.8) is 0 Å². The van der Waals surface area contributed by atoms with Crippen LogP contribution in [0.5, 0.6) is 5.75 Å². The van der Waals surface area contributed by atoms with E-state index in [9.17, 15) is 9.59 Å². The van der Waals surface area contributed by atoms with E-state index < -0.39 is 5.97 Å². The molecule has 0 atom stereocenters. The summed E-state index contributed by atoms with van der Waals surface area (Å²) in [6.45, 7) is 1.29. The molecule has 0 aliphatic heterocycles. The molecule has 0 bridgehead atoms. The number of ether oxygens (including phenoxy) is 1. The third-order valence-corrected chi connectivity index (χ3v) is 2.48. The average Bonchev–Trinajstić information content (AvgIpc) is 2.46. The molecule has 3 nitrogen and oxygen atoms in total. The number of carbonyl (C=O) groups excluding carboxylic acids is 2. The van der Waals surface area contributed by atoms with Crippen LogP contribution in [0.3, 0.4) is 0 Å². The van der Waals surface area contributed by atoms with Crippen LogP contribution in [0.25, 0.3) is 0 Å². The van der Waals surface area contributed by atoms with E-state index in [1.165, 1.54) is 6.92 Å². The van der Waals surface area contributed by atoms with Crippen LogP contribution < -0.4 is 4.74 Å². The average molecular weight is 264 g/mol. The maximum atomic E-state index is 12.1. The minimum Gasteiger partial charge on any atom is -0.426 e. The number of ketones is 1. The molecule has 0 aliphatic rings. The summed E-state index contributed by atoms with van der Waals surface area (Å²) < 4.78 is 4.99. The maximum absolute atomic E-state index is 12.1. The Kier molecular flexibility index (Phi) is 4.31. The van der Waals surface area contributed by atoms with Gasteiger partial charge in [-0.2, -0.15) is 0 Å². The second-order valence-electron chi connectivity index (χ2n) is 4.03. The Labute approximate surface area is 117 Å². The largest absolute Gasteiger partial charge is 0.426 e. The fraction of sp³-hybridized carbons (Fsp3) is 0.0588. The third kappa shape index (κ3) is 3.56. The Morgan fingerprint density at radius 1 is 0.950 bits per heavy atom. The van der Waals surface area contributed by atoms with Gasteiger partial charge in [-0.3, -0.25) is 9.59 Å². The summed E-state index contributed by atoms with van der Waals surface area (Å²) in [5, 5.41) is 0. The first-order valence-corrected chi connectivity index (χ1v) is 6.05. The van der Waals surface area contributed by atoms with Crippen molar-refractivity contribution in [3.8, 4) is 17.6 Å². The molecule has 0 saturated heterocycles. The fourth-order valence-electron chi connectivity index (χ4n) is 1.62. The first kappa shape index (κ1) is 13.6. The van der Waals surface area contributed by atoms with E-state index in [4.69, 9.17) is 4.74 Å². The lowest BCUT2D eigenvalue weighted by Gasteiger charge is -2.04. The van der Waals surface area contributed by atoms with E-state index in [2.05, 4.69) is 11.8 Å². The van der Waals surface area contributed by atoms with E-state index in [1.807, 2.05) is 30.3 Å². The van der Waals surface area contributed by atoms with Crippen molar-refractivity contribution in [2.45, 2.75) is 6.92 Å². The molecule has 0 aliphatic carbocycles. The normalized spacial score (nSPS) is 9.25. The van der Waals surface area contributed by atoms with Crippen molar-refractivity contribution in [3.05, 3.63) is 65.7 Å². The fourth-order valence-corrected chi connectivity index (χ4v) is 1.62. The summed E-state index contributed by atoms with van der Waals surface area (Å²) in [6, 6.07) is 15.8. The van der Waals surface area contributed by atoms with Crippen molar-refractivity contribution in [2.75, 3.05) is 0 Å². The molecule has 0 saturated carbocycles. The first-order valence-electron chi connectivity index (χ1n) is 6.05. The summed E-state index contributed by atoms with van der Waals surface area (Å²) in [6.07, 6.45) is 0. The Morgan fingerprint density at radius 3 is 2.30 bits per heavy atom. The molecule has 0 aromatic heterocycles. The van der Waals surface area contributed by atoms with Crippen molar-refractivity contribution in [1.29, 1.82) is 0 Å². The van der Waals surface area contributed by atoms with Crippen molar-refractivity contribution in [1.82, 2.24) is 0 Å². The van der Waals surface area contributed by atoms with E-state index in [-0.39, 0.29) is 17.1 Å². The lowest BCUT2D eigenvalue weighted by atomic mass is 10.1. The lowest BCUT2D eigenvalue weighted by Crippen LogP contribution is -2.06. The minimum atomic E-state index is -0.471. The molecule has 2 rings (SSSR count). The zero-order chi connectivity index (χ0) is 14.4. The molecule has 0 spiro atoms. The molecule has 0 N–H and O–H groups in total. The number of esters is 1. The van der Waals surface area contributed by atoms with Gasteiger partial charge >= 0.3 is 5.97 Å². The Hall–Kier alpha value is -2.86. The second-order valence-corrected chi connectivity index (χ2v) is 4.03. The maximum Gasteiger partial charge on any atom is 0.308 e. The van der Waals surface area contributed by atoms with Gasteiger partial charge in [-0.25, -0.2) is 0 Å². The van der Waals surface area contributed by atoms with Gasteiger partial charge in [0.1, 0.15) is 5.75 Å². The number of rotatable bonds is 2. The van der Waals surface area contributed by atoms with Gasteiger partial charge in [-0.1, -0.05) is 36.3 Å². The van der Waals surface area contributed by atoms with Gasteiger partial charge in [-0.05, 0) is 30.2 Å². The van der Waals surface area contributed by atoms with Gasteiger partial charge in [0.05, 0.1) is 5.56 Å². The SMILES string of the molecule is CC(=O)Oc1ccccc1C(=O)C#Cc1ccccc1. The summed E-state index contributed by atoms with van der Waals surface area (Å²) in [7, 11) is 0. The summed E-state index contributed by atoms with van der Waals surface area (Å²) in [5.74, 6) is 4.71. The highest BCUT2D eigenvalue weighted by atomic mass is 16.5. The highest BCUT2D eigenvalue weighted by Gasteiger charge is 2.11. The number of carbonyl (C=O) groups is 2. The molecule has 0 radical (unpaired) electrons. The van der Waals surface area contributed by atoms with Gasteiger partial charge < -0.3 is 4.74 Å². The van der Waals surface area contributed by atoms with Gasteiger partial charge in [0, 0.05) is 12.5 Å². The number of hydrogen-bond donors (Lipinski definition) is 0. The van der Waals surface area contributed by atoms with Gasteiger partial charge in [0.2, 0.25) is 5.78 Å². The van der Waals surface area contributed by atoms with Crippen molar-refractivity contribution >= 4 is 11.8 Å². The monoisotopic (exact) mass is 264 g/mol. The van der Waals surface area contributed by atoms with Crippen LogP contribution in [0, 0.1) is 11.8 Å². The van der Waals surface area contributed by atoms with Crippen LogP contribution in [0.1, 0.15) is 22.8 Å². The number of benzene rings is 2. The molecule has 2 aromatic rings. The molecule has 3 heteroatoms. The van der Waals surface area contributed by atoms with E-state index in [1.54, 1.807) is 24.3 Å². The topological polar surface area (TPSA) is 43.4 Å². The standard InChI is InChI=1S/C17H12O3/c1-13(18)20-17-10-6-5-9-15(17)16(19)12-11-14-7-3-2-4-8-14/h2-10H,1H3. The van der Waals surface area contributed by atoms with Crippen LogP contribution in [0.15, 0.2) is 54.6 Å². The van der Waals surface area contributed by atoms with E-state index >= 15 is 0 Å². The zero-order valence-electron chi connectivity index (χ0n) is 10.9. The molecule has 0 heterocycles. The van der Waals surface area contributed by atoms with Crippen molar-refractivity contribution in [2.24, 2.45) is 0 Å². The summed E-state index contributed by atoms with van der Waals surface area (Å²) >= 11 is 0. The molecule has 0 unspecified atom stereocenters. The molecule has 0 amide bonds. The number of Topliss-reactive ketones (excluding diaryl/α,β-unsaturated/α-hetero) is 1. The van der Waals surface area contributed by atoms with Gasteiger partial charge in [0.15, 0.2) is 0 Å². The highest BCUT2D eigenvalue weighted by molar-refractivity contribution is 6.11. The highest BCUT2D eigenvalue weighted by Crippen LogP contribution is 2.18. The second kappa shape index (κ2) is 6.35. The number of hydrogen-bond acceptors (Lipinski definition) is 3. The van der Waals surface area contributed by atoms with Crippen LogP contribution in [-0.2, 0) is 4.79 Å². The number of para-hydroxylation sites is 1. The zero-order valence-corrected chi connectivity index (χ0v) is 10.9. The predicted molar refractivity (Wildman–Crippen MR) is 75.4 cm³/mol. The van der Waals surface area contributed by atoms with Crippen LogP contribution in [-0.4, -0.2) is 11.8 Å². The lowest BCUT2D eigenvalue weighted by molar-refractivity contribution is -0.131. The van der Waals surface area contributed by atoms with Crippen LogP contribution in [0.4, 0.5) is 0 Å². The summed E-state index contributed by atoms with van der Waals surface area (Å²) in [5.41, 5.74) is 1.04. The Bertz CT molecular complexity index is 691. The van der Waals surface area contributed by atoms with Crippen molar-refractivity contribution < 1.29 is 14.3 Å². The molecule has 98 valence electrons. The van der Waals surface area contributed by atoms with Gasteiger partial charge in [-0.15, -0.1) is 0 Å². The molecular weight excluding hydrogens is 252 g/mol. The quantitative estimate of drug-likeness (QED) is 0.362. The Morgan fingerprint density at radius 2 is 1.60 bits per heavy atom. The molecule has 20 heavy (non-hydrogen) atoms. The summed E-state index contributed by atoms with van der Waals surface area (Å²) in [4.78, 5) is 23.1. The first-order chi connectivity index (χ1) is 9.66. The molecule has 2 aromatic carbocycles. The van der Waals surface area contributed by atoms with E-state index in [0.29, 0.717) is 0 Å². The smallest absolute Gasteiger partial charge is 0.308 e. The minimum absolute atomic E-state index is 0.229. The van der Waals surface area contributed by atoms with Crippen LogP contribution in [0.2, 0.25) is 0 Å². The van der Waals surface area contributed by atoms with E-state index in [0.717, 1.165) is 5.56 Å². The Balaban J connectivity index is 2.26. The molecule has 0 fully saturated rings. The van der Waals surface area contributed by atoms with Gasteiger partial charge in [0.25, 0.3) is 0 Å². The predicted octanol–water partition coefficient (Wildman–Crippen LogP) is 2.85. The van der Waals surface area contributed by atoms with Crippen LogP contribution >= 0.6 is 0 Å². The third-order valence-electron chi connectivity index (χ3n) is 2.48.